The number of hydrogen-bond acceptors (Lipinski definition) is 3. The highest BCUT2D eigenvalue weighted by Gasteiger charge is 2.11. The summed E-state index contributed by atoms with van der Waals surface area (Å²) >= 11 is 0. The van der Waals surface area contributed by atoms with Gasteiger partial charge in [0.05, 0.1) is 19.3 Å². The molecule has 0 saturated carbocycles. The van der Waals surface area contributed by atoms with Crippen molar-refractivity contribution >= 4 is 17.6 Å². The van der Waals surface area contributed by atoms with Crippen molar-refractivity contribution < 1.29 is 19.4 Å². The van der Waals surface area contributed by atoms with Gasteiger partial charge in [0, 0.05) is 0 Å². The van der Waals surface area contributed by atoms with Gasteiger partial charge in [-0.2, -0.15) is 0 Å². The maximum atomic E-state index is 11.5. The van der Waals surface area contributed by atoms with Crippen molar-refractivity contribution in [3.05, 3.63) is 59.7 Å². The molecule has 2 rings (SSSR count). The highest BCUT2D eigenvalue weighted by atomic mass is 16.5. The maximum Gasteiger partial charge on any atom is 0.336 e. The van der Waals surface area contributed by atoms with Gasteiger partial charge in [-0.3, -0.25) is 0 Å². The molecule has 0 aliphatic carbocycles. The molecule has 0 aromatic heterocycles. The summed E-state index contributed by atoms with van der Waals surface area (Å²) in [5.41, 5.74) is 1.60. The van der Waals surface area contributed by atoms with Crippen LogP contribution in [0.1, 0.15) is 18.1 Å². The minimum Gasteiger partial charge on any atom is -0.497 e. The summed E-state index contributed by atoms with van der Waals surface area (Å²) in [7, 11) is 1.55. The Hall–Kier alpha value is -2.75. The normalized spacial score (nSPS) is 11.1. The van der Waals surface area contributed by atoms with E-state index in [0.29, 0.717) is 17.9 Å². The molecule has 1 N–H and O–H groups in total. The molecule has 0 amide bonds. The number of aliphatic carboxylic acids is 1. The fraction of sp³-hybridized carbons (Fsp3) is 0.167. The number of carbonyl (C=O) groups is 1. The molecule has 0 aliphatic rings. The molecule has 0 atom stereocenters. The summed E-state index contributed by atoms with van der Waals surface area (Å²) in [6, 6.07) is 14.3. The molecule has 0 spiro atoms. The van der Waals surface area contributed by atoms with Crippen LogP contribution in [0.5, 0.6) is 11.5 Å². The molecule has 0 heterocycles. The fourth-order valence-corrected chi connectivity index (χ4v) is 2.05. The molecular formula is C18H18O4. The first-order chi connectivity index (χ1) is 10.6. The number of rotatable bonds is 6. The monoisotopic (exact) mass is 298 g/mol. The van der Waals surface area contributed by atoms with Crippen molar-refractivity contribution in [3.8, 4) is 11.5 Å². The van der Waals surface area contributed by atoms with E-state index in [4.69, 9.17) is 9.47 Å². The van der Waals surface area contributed by atoms with Crippen LogP contribution in [0.4, 0.5) is 0 Å². The van der Waals surface area contributed by atoms with Gasteiger partial charge in [0.15, 0.2) is 0 Å². The average molecular weight is 298 g/mol. The summed E-state index contributed by atoms with van der Waals surface area (Å²) < 4.78 is 10.5. The van der Waals surface area contributed by atoms with Gasteiger partial charge in [-0.15, -0.1) is 0 Å². The van der Waals surface area contributed by atoms with Crippen LogP contribution >= 0.6 is 0 Å². The quantitative estimate of drug-likeness (QED) is 0.652. The van der Waals surface area contributed by atoms with Gasteiger partial charge in [-0.25, -0.2) is 4.79 Å². The number of hydrogen-bond donors (Lipinski definition) is 1. The van der Waals surface area contributed by atoms with Crippen molar-refractivity contribution in [3.63, 3.8) is 0 Å². The van der Waals surface area contributed by atoms with Crippen molar-refractivity contribution in [2.24, 2.45) is 0 Å². The molecule has 2 aromatic carbocycles. The van der Waals surface area contributed by atoms with E-state index >= 15 is 0 Å². The van der Waals surface area contributed by atoms with Crippen LogP contribution in [0.15, 0.2) is 48.5 Å². The average Bonchev–Trinajstić information content (AvgIpc) is 2.54. The highest BCUT2D eigenvalue weighted by Crippen LogP contribution is 2.23. The lowest BCUT2D eigenvalue weighted by Crippen LogP contribution is -2.00. The molecule has 4 heteroatoms. The van der Waals surface area contributed by atoms with Crippen LogP contribution < -0.4 is 9.47 Å². The van der Waals surface area contributed by atoms with Crippen molar-refractivity contribution in [2.75, 3.05) is 13.7 Å². The Morgan fingerprint density at radius 2 is 1.86 bits per heavy atom. The van der Waals surface area contributed by atoms with Crippen LogP contribution in [0, 0.1) is 0 Å². The minimum absolute atomic E-state index is 0.211. The first kappa shape index (κ1) is 15.6. The minimum atomic E-state index is -0.984. The van der Waals surface area contributed by atoms with Gasteiger partial charge < -0.3 is 14.6 Å². The summed E-state index contributed by atoms with van der Waals surface area (Å²) in [5, 5.41) is 9.46. The molecule has 4 nitrogen and oxygen atoms in total. The van der Waals surface area contributed by atoms with Crippen LogP contribution in [0.25, 0.3) is 11.6 Å². The Balaban J connectivity index is 2.36. The van der Waals surface area contributed by atoms with Gasteiger partial charge in [-0.1, -0.05) is 24.3 Å². The van der Waals surface area contributed by atoms with E-state index in [9.17, 15) is 9.90 Å². The first-order valence-electron chi connectivity index (χ1n) is 6.96. The van der Waals surface area contributed by atoms with Crippen LogP contribution in [0.3, 0.4) is 0 Å². The molecule has 0 fully saturated rings. The maximum absolute atomic E-state index is 11.5. The van der Waals surface area contributed by atoms with Crippen molar-refractivity contribution in [1.82, 2.24) is 0 Å². The van der Waals surface area contributed by atoms with Gasteiger partial charge in [0.1, 0.15) is 11.5 Å². The molecular weight excluding hydrogens is 280 g/mol. The van der Waals surface area contributed by atoms with E-state index < -0.39 is 5.97 Å². The lowest BCUT2D eigenvalue weighted by Gasteiger charge is -2.07. The molecule has 114 valence electrons. The van der Waals surface area contributed by atoms with Crippen LogP contribution in [-0.4, -0.2) is 24.8 Å². The lowest BCUT2D eigenvalue weighted by molar-refractivity contribution is -0.130. The second-order valence-electron chi connectivity index (χ2n) is 4.60. The predicted octanol–water partition coefficient (Wildman–Crippen LogP) is 3.72. The second kappa shape index (κ2) is 7.31. The standard InChI is InChI=1S/C18H18O4/c1-3-22-15-9-7-13(8-10-15)11-17(18(19)20)14-5-4-6-16(12-14)21-2/h4-12H,3H2,1-2H3,(H,19,20)/b17-11-. The van der Waals surface area contributed by atoms with Gasteiger partial charge in [0.2, 0.25) is 0 Å². The topological polar surface area (TPSA) is 55.8 Å². The number of carboxylic acids is 1. The van der Waals surface area contributed by atoms with Gasteiger partial charge in [0.25, 0.3) is 0 Å². The molecule has 0 bridgehead atoms. The summed E-state index contributed by atoms with van der Waals surface area (Å²) in [5.74, 6) is 0.399. The Bertz CT molecular complexity index is 672. The Morgan fingerprint density at radius 1 is 1.14 bits per heavy atom. The molecule has 0 radical (unpaired) electrons. The predicted molar refractivity (Wildman–Crippen MR) is 86.1 cm³/mol. The summed E-state index contributed by atoms with van der Waals surface area (Å²) in [4.78, 5) is 11.5. The summed E-state index contributed by atoms with van der Waals surface area (Å²) in [6.45, 7) is 2.51. The lowest BCUT2D eigenvalue weighted by atomic mass is 10.0. The molecule has 2 aromatic rings. The van der Waals surface area contributed by atoms with E-state index in [-0.39, 0.29) is 5.57 Å². The smallest absolute Gasteiger partial charge is 0.336 e. The van der Waals surface area contributed by atoms with Crippen LogP contribution in [-0.2, 0) is 4.79 Å². The third-order valence-corrected chi connectivity index (χ3v) is 3.11. The van der Waals surface area contributed by atoms with Crippen molar-refractivity contribution in [1.29, 1.82) is 0 Å². The Kier molecular flexibility index (Phi) is 5.20. The van der Waals surface area contributed by atoms with Crippen molar-refractivity contribution in [2.45, 2.75) is 6.92 Å². The van der Waals surface area contributed by atoms with Crippen LogP contribution in [0.2, 0.25) is 0 Å². The number of ether oxygens (including phenoxy) is 2. The highest BCUT2D eigenvalue weighted by molar-refractivity contribution is 6.20. The zero-order chi connectivity index (χ0) is 15.9. The van der Waals surface area contributed by atoms with E-state index in [2.05, 4.69) is 0 Å². The number of carboxylic acid groups (broad SMARTS) is 1. The largest absolute Gasteiger partial charge is 0.497 e. The second-order valence-corrected chi connectivity index (χ2v) is 4.60. The van der Waals surface area contributed by atoms with E-state index in [1.165, 1.54) is 0 Å². The fourth-order valence-electron chi connectivity index (χ4n) is 2.05. The van der Waals surface area contributed by atoms with E-state index in [1.807, 2.05) is 31.2 Å². The number of methoxy groups -OCH3 is 1. The first-order valence-corrected chi connectivity index (χ1v) is 6.96. The van der Waals surface area contributed by atoms with E-state index in [1.54, 1.807) is 37.5 Å². The van der Waals surface area contributed by atoms with E-state index in [0.717, 1.165) is 11.3 Å². The third-order valence-electron chi connectivity index (χ3n) is 3.11. The Labute approximate surface area is 129 Å². The summed E-state index contributed by atoms with van der Waals surface area (Å²) in [6.07, 6.45) is 1.63. The molecule has 0 unspecified atom stereocenters. The van der Waals surface area contributed by atoms with Gasteiger partial charge in [-0.05, 0) is 48.4 Å². The molecule has 0 saturated heterocycles. The SMILES string of the molecule is CCOc1ccc(/C=C(\C(=O)O)c2cccc(OC)c2)cc1. The number of benzene rings is 2. The zero-order valence-electron chi connectivity index (χ0n) is 12.6. The third kappa shape index (κ3) is 3.88. The Morgan fingerprint density at radius 3 is 2.45 bits per heavy atom. The molecule has 0 aliphatic heterocycles. The molecule has 22 heavy (non-hydrogen) atoms. The zero-order valence-corrected chi connectivity index (χ0v) is 12.6. The van der Waals surface area contributed by atoms with Gasteiger partial charge >= 0.3 is 5.97 Å².